The van der Waals surface area contributed by atoms with Crippen LogP contribution in [0.2, 0.25) is 0 Å². The summed E-state index contributed by atoms with van der Waals surface area (Å²) in [6.07, 6.45) is 15.0. The summed E-state index contributed by atoms with van der Waals surface area (Å²) in [5.74, 6) is 2.61. The molecule has 4 nitrogen and oxygen atoms in total. The Kier molecular flexibility index (Phi) is 18.6. The lowest BCUT2D eigenvalue weighted by atomic mass is 9.87. The first-order valence-corrected chi connectivity index (χ1v) is 11.5. The van der Waals surface area contributed by atoms with Crippen molar-refractivity contribution in [2.24, 2.45) is 5.92 Å². The van der Waals surface area contributed by atoms with Crippen molar-refractivity contribution in [2.75, 3.05) is 40.4 Å². The van der Waals surface area contributed by atoms with Crippen molar-refractivity contribution in [3.05, 3.63) is 23.8 Å². The second-order valence-corrected chi connectivity index (χ2v) is 8.15. The second kappa shape index (κ2) is 19.0. The molecule has 0 aliphatic heterocycles. The van der Waals surface area contributed by atoms with E-state index in [1.165, 1.54) is 82.9 Å². The summed E-state index contributed by atoms with van der Waals surface area (Å²) in [5, 5.41) is 7.20. The Morgan fingerprint density at radius 2 is 1.40 bits per heavy atom. The fraction of sp³-hybridized carbons (Fsp3) is 0.750. The topological polar surface area (TPSA) is 42.5 Å². The fourth-order valence-corrected chi connectivity index (χ4v) is 4.15. The van der Waals surface area contributed by atoms with Crippen LogP contribution in [0.5, 0.6) is 11.5 Å². The van der Waals surface area contributed by atoms with Gasteiger partial charge in [0, 0.05) is 0 Å². The standard InChI is InChI=1S/C24H42N2O2.2ClH/c1-27-23-13-12-22(20-24(23)28-2)15-19-26-17-9-4-3-8-16-25-18-14-21-10-6-5-7-11-21;;/h12-13,20-21,25-26H,3-11,14-19H2,1-2H3;2*1H. The maximum atomic E-state index is 5.36. The third kappa shape index (κ3) is 12.2. The van der Waals surface area contributed by atoms with Crippen LogP contribution in [0.25, 0.3) is 0 Å². The molecule has 1 aromatic rings. The van der Waals surface area contributed by atoms with Gasteiger partial charge >= 0.3 is 0 Å². The normalized spacial score (nSPS) is 13.9. The molecule has 6 heteroatoms. The Hall–Kier alpha value is -0.680. The molecule has 0 unspecified atom stereocenters. The van der Waals surface area contributed by atoms with Crippen molar-refractivity contribution in [1.82, 2.24) is 10.6 Å². The SMILES string of the molecule is COc1ccc(CCNCCCCCCNCCC2CCCCC2)cc1OC.Cl.Cl. The monoisotopic (exact) mass is 462 g/mol. The van der Waals surface area contributed by atoms with Crippen LogP contribution in [0.3, 0.4) is 0 Å². The van der Waals surface area contributed by atoms with Crippen LogP contribution in [0.4, 0.5) is 0 Å². The number of benzene rings is 1. The van der Waals surface area contributed by atoms with Crippen molar-refractivity contribution in [3.8, 4) is 11.5 Å². The lowest BCUT2D eigenvalue weighted by Gasteiger charge is -2.21. The summed E-state index contributed by atoms with van der Waals surface area (Å²) in [6, 6.07) is 6.17. The van der Waals surface area contributed by atoms with Crippen LogP contribution in [0, 0.1) is 5.92 Å². The highest BCUT2D eigenvalue weighted by molar-refractivity contribution is 5.85. The molecule has 30 heavy (non-hydrogen) atoms. The molecule has 2 rings (SSSR count). The molecule has 0 atom stereocenters. The van der Waals surface area contributed by atoms with E-state index in [0.717, 1.165) is 36.9 Å². The predicted molar refractivity (Wildman–Crippen MR) is 133 cm³/mol. The van der Waals surface area contributed by atoms with E-state index in [4.69, 9.17) is 9.47 Å². The molecule has 1 aliphatic rings. The highest BCUT2D eigenvalue weighted by Crippen LogP contribution is 2.27. The molecular formula is C24H44Cl2N2O2. The molecule has 0 bridgehead atoms. The molecule has 0 aromatic heterocycles. The van der Waals surface area contributed by atoms with Gasteiger partial charge in [0.15, 0.2) is 11.5 Å². The maximum Gasteiger partial charge on any atom is 0.160 e. The quantitative estimate of drug-likeness (QED) is 0.323. The second-order valence-electron chi connectivity index (χ2n) is 8.15. The third-order valence-electron chi connectivity index (χ3n) is 5.95. The van der Waals surface area contributed by atoms with Gasteiger partial charge in [-0.05, 0) is 75.5 Å². The average Bonchev–Trinajstić information content (AvgIpc) is 2.75. The van der Waals surface area contributed by atoms with Crippen LogP contribution in [-0.4, -0.2) is 40.4 Å². The molecule has 1 fully saturated rings. The van der Waals surface area contributed by atoms with Gasteiger partial charge in [-0.2, -0.15) is 0 Å². The number of hydrogen-bond donors (Lipinski definition) is 2. The molecular weight excluding hydrogens is 419 g/mol. The Morgan fingerprint density at radius 1 is 0.767 bits per heavy atom. The fourth-order valence-electron chi connectivity index (χ4n) is 4.15. The molecule has 0 amide bonds. The summed E-state index contributed by atoms with van der Waals surface area (Å²) < 4.78 is 10.6. The van der Waals surface area contributed by atoms with Gasteiger partial charge in [-0.25, -0.2) is 0 Å². The first-order chi connectivity index (χ1) is 13.8. The van der Waals surface area contributed by atoms with E-state index < -0.39 is 0 Å². The number of nitrogens with one attached hydrogen (secondary N) is 2. The molecule has 176 valence electrons. The smallest absolute Gasteiger partial charge is 0.160 e. The van der Waals surface area contributed by atoms with Crippen molar-refractivity contribution >= 4 is 24.8 Å². The summed E-state index contributed by atoms with van der Waals surface area (Å²) in [5.41, 5.74) is 1.28. The molecule has 1 saturated carbocycles. The van der Waals surface area contributed by atoms with Crippen molar-refractivity contribution in [2.45, 2.75) is 70.6 Å². The van der Waals surface area contributed by atoms with Gasteiger partial charge in [0.1, 0.15) is 0 Å². The van der Waals surface area contributed by atoms with Gasteiger partial charge in [0.2, 0.25) is 0 Å². The maximum absolute atomic E-state index is 5.36. The predicted octanol–water partition coefficient (Wildman–Crippen LogP) is 5.80. The zero-order valence-corrected chi connectivity index (χ0v) is 20.7. The van der Waals surface area contributed by atoms with E-state index >= 15 is 0 Å². The van der Waals surface area contributed by atoms with E-state index in [0.29, 0.717) is 0 Å². The summed E-state index contributed by atoms with van der Waals surface area (Å²) in [7, 11) is 3.36. The van der Waals surface area contributed by atoms with E-state index in [9.17, 15) is 0 Å². The minimum absolute atomic E-state index is 0. The summed E-state index contributed by atoms with van der Waals surface area (Å²) in [6.45, 7) is 4.54. The van der Waals surface area contributed by atoms with E-state index in [2.05, 4.69) is 22.8 Å². The van der Waals surface area contributed by atoms with E-state index in [1.807, 2.05) is 6.07 Å². The molecule has 1 aliphatic carbocycles. The van der Waals surface area contributed by atoms with E-state index in [-0.39, 0.29) is 24.8 Å². The van der Waals surface area contributed by atoms with Crippen LogP contribution < -0.4 is 20.1 Å². The number of rotatable bonds is 15. The van der Waals surface area contributed by atoms with Crippen LogP contribution >= 0.6 is 24.8 Å². The number of hydrogen-bond acceptors (Lipinski definition) is 4. The molecule has 0 heterocycles. The van der Waals surface area contributed by atoms with Gasteiger partial charge in [-0.3, -0.25) is 0 Å². The first kappa shape index (κ1) is 29.3. The third-order valence-corrected chi connectivity index (χ3v) is 5.95. The average molecular weight is 464 g/mol. The van der Waals surface area contributed by atoms with Gasteiger partial charge in [0.05, 0.1) is 14.2 Å². The number of ether oxygens (including phenoxy) is 2. The minimum Gasteiger partial charge on any atom is -0.493 e. The lowest BCUT2D eigenvalue weighted by molar-refractivity contribution is 0.333. The van der Waals surface area contributed by atoms with Crippen molar-refractivity contribution < 1.29 is 9.47 Å². The highest BCUT2D eigenvalue weighted by Gasteiger charge is 2.12. The van der Waals surface area contributed by atoms with Gasteiger partial charge in [-0.15, -0.1) is 24.8 Å². The van der Waals surface area contributed by atoms with Crippen molar-refractivity contribution in [3.63, 3.8) is 0 Å². The zero-order chi connectivity index (χ0) is 19.9. The van der Waals surface area contributed by atoms with Gasteiger partial charge in [-0.1, -0.05) is 51.0 Å². The van der Waals surface area contributed by atoms with E-state index in [1.54, 1.807) is 14.2 Å². The Bertz CT molecular complexity index is 526. The largest absolute Gasteiger partial charge is 0.493 e. The number of methoxy groups -OCH3 is 2. The molecule has 0 spiro atoms. The molecule has 0 radical (unpaired) electrons. The van der Waals surface area contributed by atoms with Gasteiger partial charge < -0.3 is 20.1 Å². The lowest BCUT2D eigenvalue weighted by Crippen LogP contribution is -2.20. The zero-order valence-electron chi connectivity index (χ0n) is 19.0. The highest BCUT2D eigenvalue weighted by atomic mass is 35.5. The Labute approximate surface area is 197 Å². The Balaban J connectivity index is 0.00000420. The van der Waals surface area contributed by atoms with Gasteiger partial charge in [0.25, 0.3) is 0 Å². The van der Waals surface area contributed by atoms with Crippen LogP contribution in [0.1, 0.15) is 69.8 Å². The molecule has 2 N–H and O–H groups in total. The Morgan fingerprint density at radius 3 is 2.03 bits per heavy atom. The van der Waals surface area contributed by atoms with Crippen molar-refractivity contribution in [1.29, 1.82) is 0 Å². The minimum atomic E-state index is 0. The first-order valence-electron chi connectivity index (χ1n) is 11.5. The molecule has 0 saturated heterocycles. The van der Waals surface area contributed by atoms with Crippen LogP contribution in [0.15, 0.2) is 18.2 Å². The number of unbranched alkanes of at least 4 members (excludes halogenated alkanes) is 3. The molecule has 1 aromatic carbocycles. The number of halogens is 2. The summed E-state index contributed by atoms with van der Waals surface area (Å²) in [4.78, 5) is 0. The summed E-state index contributed by atoms with van der Waals surface area (Å²) >= 11 is 0. The van der Waals surface area contributed by atoms with Crippen LogP contribution in [-0.2, 0) is 6.42 Å².